The molecule has 0 aliphatic heterocycles. The molecule has 0 aliphatic rings. The van der Waals surface area contributed by atoms with Gasteiger partial charge in [-0.15, -0.1) is 0 Å². The second-order valence-corrected chi connectivity index (χ2v) is 32.0. The van der Waals surface area contributed by atoms with E-state index in [1.165, 1.54) is 44.5 Å². The third kappa shape index (κ3) is 10.6. The molecule has 0 unspecified atom stereocenters. The Hall–Kier alpha value is -7.60. The van der Waals surface area contributed by atoms with Crippen molar-refractivity contribution in [1.82, 2.24) is 58.6 Å². The first-order valence-corrected chi connectivity index (χ1v) is 29.9. The van der Waals surface area contributed by atoms with Crippen LogP contribution in [-0.4, -0.2) is 58.6 Å². The van der Waals surface area contributed by atoms with Crippen molar-refractivity contribution in [3.05, 3.63) is 130 Å². The quantitative estimate of drug-likeness (QED) is 0.157. The summed E-state index contributed by atoms with van der Waals surface area (Å²) in [6.07, 6.45) is 3.70. The molecule has 0 N–H and O–H groups in total. The largest absolute Gasteiger partial charge is 0.254 e. The lowest BCUT2D eigenvalue weighted by molar-refractivity contribution is 0.568. The molecule has 11 rings (SSSR count). The molecule has 7 heterocycles. The fourth-order valence-electron chi connectivity index (χ4n) is 10.8. The molecule has 434 valence electrons. The van der Waals surface area contributed by atoms with E-state index in [0.29, 0.717) is 67.9 Å². The molecule has 0 aliphatic carbocycles. The molecule has 0 saturated heterocycles. The molecular formula is C72H86N12. The first-order chi connectivity index (χ1) is 38.6. The van der Waals surface area contributed by atoms with Gasteiger partial charge in [-0.2, -0.15) is 0 Å². The summed E-state index contributed by atoms with van der Waals surface area (Å²) in [5.74, 6) is 0. The maximum atomic E-state index is 5.62. The van der Waals surface area contributed by atoms with Gasteiger partial charge >= 0.3 is 0 Å². The zero-order valence-corrected chi connectivity index (χ0v) is 54.4. The van der Waals surface area contributed by atoms with Crippen molar-refractivity contribution in [2.24, 2.45) is 0 Å². The SMILES string of the molecule is CC(C)(C)c1cc(-c2cnc3nc4c(-c5cc(C(C)(C)C)cc(C(C)(C)C)c5)nc5nc6c(nc(-c7cc(C(C)(C)C)cc(C(C)(C)C)c7)c7nc8ncc(-c9cc(C(C)(C)C)cc(C(C)(C)C)c9)nc8n76)nc5n4c3n2)cc(C(C)(C)C)c1. The number of aromatic nitrogens is 12. The van der Waals surface area contributed by atoms with Crippen molar-refractivity contribution in [3.63, 3.8) is 0 Å². The third-order valence-corrected chi connectivity index (χ3v) is 16.6. The molecule has 0 saturated carbocycles. The maximum Gasteiger partial charge on any atom is 0.199 e. The van der Waals surface area contributed by atoms with Crippen molar-refractivity contribution >= 4 is 56.5 Å². The second-order valence-electron chi connectivity index (χ2n) is 32.0. The number of nitrogens with zero attached hydrogens (tertiary/aromatic N) is 12. The molecule has 0 radical (unpaired) electrons. The van der Waals surface area contributed by atoms with Gasteiger partial charge in [0.15, 0.2) is 56.5 Å². The van der Waals surface area contributed by atoms with Gasteiger partial charge in [0.05, 0.1) is 23.8 Å². The predicted octanol–water partition coefficient (Wildman–Crippen LogP) is 17.8. The molecule has 0 atom stereocenters. The fourth-order valence-corrected chi connectivity index (χ4v) is 10.8. The smallest absolute Gasteiger partial charge is 0.199 e. The van der Waals surface area contributed by atoms with E-state index in [1.807, 2.05) is 21.2 Å². The molecule has 0 bridgehead atoms. The van der Waals surface area contributed by atoms with Crippen molar-refractivity contribution in [3.8, 4) is 45.0 Å². The van der Waals surface area contributed by atoms with Gasteiger partial charge in [-0.05, 0) is 136 Å². The van der Waals surface area contributed by atoms with Gasteiger partial charge in [-0.3, -0.25) is 8.80 Å². The van der Waals surface area contributed by atoms with Crippen LogP contribution in [0.2, 0.25) is 0 Å². The molecule has 12 nitrogen and oxygen atoms in total. The Kier molecular flexibility index (Phi) is 13.1. The van der Waals surface area contributed by atoms with Crippen LogP contribution in [0.15, 0.2) is 85.2 Å². The number of rotatable bonds is 4. The number of hydrogen-bond donors (Lipinski definition) is 0. The molecule has 11 aromatic rings. The zero-order valence-electron chi connectivity index (χ0n) is 54.4. The number of hydrogen-bond acceptors (Lipinski definition) is 10. The molecule has 4 aromatic carbocycles. The van der Waals surface area contributed by atoms with Crippen molar-refractivity contribution in [2.75, 3.05) is 0 Å². The second kappa shape index (κ2) is 19.0. The minimum Gasteiger partial charge on any atom is -0.254 e. The summed E-state index contributed by atoms with van der Waals surface area (Å²) in [6, 6.07) is 27.3. The normalized spacial score (nSPS) is 13.7. The minimum atomic E-state index is -0.176. The van der Waals surface area contributed by atoms with E-state index >= 15 is 0 Å². The summed E-state index contributed by atoms with van der Waals surface area (Å²) in [6.45, 7) is 54.1. The summed E-state index contributed by atoms with van der Waals surface area (Å²) in [7, 11) is 0. The summed E-state index contributed by atoms with van der Waals surface area (Å²) >= 11 is 0. The maximum absolute atomic E-state index is 5.62. The molecule has 0 spiro atoms. The Labute approximate surface area is 496 Å². The highest BCUT2D eigenvalue weighted by atomic mass is 15.2. The number of benzene rings is 4. The highest BCUT2D eigenvalue weighted by molar-refractivity contribution is 5.95. The van der Waals surface area contributed by atoms with Gasteiger partial charge in [0.2, 0.25) is 0 Å². The molecular weight excluding hydrogens is 1030 g/mol. The monoisotopic (exact) mass is 1120 g/mol. The van der Waals surface area contributed by atoms with E-state index in [-0.39, 0.29) is 43.3 Å². The predicted molar refractivity (Wildman–Crippen MR) is 348 cm³/mol. The topological polar surface area (TPSA) is 138 Å². The number of imidazole rings is 2. The third-order valence-electron chi connectivity index (χ3n) is 16.6. The summed E-state index contributed by atoms with van der Waals surface area (Å²) < 4.78 is 4.02. The van der Waals surface area contributed by atoms with Crippen LogP contribution in [0.4, 0.5) is 0 Å². The Bertz CT molecular complexity index is 4080. The summed E-state index contributed by atoms with van der Waals surface area (Å²) in [4.78, 5) is 54.4. The average Bonchev–Trinajstić information content (AvgIpc) is 1.85. The van der Waals surface area contributed by atoms with Crippen LogP contribution in [-0.2, 0) is 43.3 Å². The van der Waals surface area contributed by atoms with Crippen LogP contribution < -0.4 is 0 Å². The summed E-state index contributed by atoms with van der Waals surface area (Å²) in [5.41, 5.74) is 19.8. The van der Waals surface area contributed by atoms with E-state index in [0.717, 1.165) is 33.6 Å². The number of fused-ring (bicyclic) bond motifs is 10. The zero-order chi connectivity index (χ0) is 61.1. The van der Waals surface area contributed by atoms with E-state index in [2.05, 4.69) is 239 Å². The Balaban J connectivity index is 1.31. The Morgan fingerprint density at radius 1 is 0.226 bits per heavy atom. The molecule has 0 amide bonds. The van der Waals surface area contributed by atoms with E-state index in [4.69, 9.17) is 49.8 Å². The lowest BCUT2D eigenvalue weighted by Crippen LogP contribution is -2.17. The Morgan fingerprint density at radius 3 is 0.679 bits per heavy atom. The minimum absolute atomic E-state index is 0.113. The van der Waals surface area contributed by atoms with E-state index in [9.17, 15) is 0 Å². The van der Waals surface area contributed by atoms with Crippen LogP contribution in [0.3, 0.4) is 0 Å². The van der Waals surface area contributed by atoms with E-state index < -0.39 is 0 Å². The van der Waals surface area contributed by atoms with E-state index in [1.54, 1.807) is 0 Å². The highest BCUT2D eigenvalue weighted by Crippen LogP contribution is 2.41. The fraction of sp³-hybridized carbons (Fsp3) is 0.444. The summed E-state index contributed by atoms with van der Waals surface area (Å²) in [5, 5.41) is 0. The average molecular weight is 1120 g/mol. The van der Waals surface area contributed by atoms with Crippen LogP contribution >= 0.6 is 0 Å². The first kappa shape index (κ1) is 58.2. The molecule has 0 fully saturated rings. The van der Waals surface area contributed by atoms with Gasteiger partial charge in [-0.25, -0.2) is 49.8 Å². The van der Waals surface area contributed by atoms with Crippen molar-refractivity contribution < 1.29 is 0 Å². The van der Waals surface area contributed by atoms with Gasteiger partial charge in [0.25, 0.3) is 0 Å². The van der Waals surface area contributed by atoms with Gasteiger partial charge in [0, 0.05) is 22.3 Å². The highest BCUT2D eigenvalue weighted by Gasteiger charge is 2.31. The van der Waals surface area contributed by atoms with Crippen LogP contribution in [0.1, 0.15) is 211 Å². The Morgan fingerprint density at radius 2 is 0.440 bits per heavy atom. The van der Waals surface area contributed by atoms with Gasteiger partial charge in [0.1, 0.15) is 11.4 Å². The molecule has 12 heteroatoms. The lowest BCUT2D eigenvalue weighted by Gasteiger charge is -2.26. The van der Waals surface area contributed by atoms with Crippen molar-refractivity contribution in [2.45, 2.75) is 209 Å². The molecule has 7 aromatic heterocycles. The van der Waals surface area contributed by atoms with Gasteiger partial charge in [-0.1, -0.05) is 190 Å². The van der Waals surface area contributed by atoms with Crippen LogP contribution in [0.5, 0.6) is 0 Å². The molecule has 84 heavy (non-hydrogen) atoms. The van der Waals surface area contributed by atoms with Crippen LogP contribution in [0, 0.1) is 0 Å². The van der Waals surface area contributed by atoms with Gasteiger partial charge < -0.3 is 0 Å². The standard InChI is InChI=1S/C72H86N12/c1-65(2,3)43-25-39(26-44(33-43)66(4,5)6)51-37-73-55-61(75-51)83-59(79-55)53(41-29-47(69(13,14)15)35-48(30-41)70(16,17)18)77-57-63(83)81-58-64(82-57)84-60(54(78-58)42-31-49(71(19,20)21)36-50(32-42)72(22,23)24)80-56-62(84)76-52(38-74-56)40-27-45(67(7,8)9)34-46(28-40)68(10,11)12/h25-38H,1-24H3. The van der Waals surface area contributed by atoms with Crippen molar-refractivity contribution in [1.29, 1.82) is 0 Å². The lowest BCUT2D eigenvalue weighted by atomic mass is 9.79. The van der Waals surface area contributed by atoms with Crippen LogP contribution in [0.25, 0.3) is 102 Å². The first-order valence-electron chi connectivity index (χ1n) is 29.9.